The molecule has 1 fully saturated rings. The Labute approximate surface area is 168 Å². The highest BCUT2D eigenvalue weighted by Crippen LogP contribution is 2.25. The fourth-order valence-corrected chi connectivity index (χ4v) is 3.33. The van der Waals surface area contributed by atoms with Crippen molar-refractivity contribution in [2.45, 2.75) is 65.8 Å². The highest BCUT2D eigenvalue weighted by Gasteiger charge is 2.29. The number of nitrogens with zero attached hydrogens (tertiary/aromatic N) is 1. The molecule has 6 nitrogen and oxygen atoms in total. The van der Waals surface area contributed by atoms with Gasteiger partial charge in [-0.25, -0.2) is 4.79 Å². The van der Waals surface area contributed by atoms with Crippen LogP contribution in [-0.2, 0) is 21.0 Å². The number of carbonyl (C=O) groups excluding carboxylic acids is 2. The van der Waals surface area contributed by atoms with E-state index in [1.165, 1.54) is 44.8 Å². The summed E-state index contributed by atoms with van der Waals surface area (Å²) in [6.07, 6.45) is 6.31. The fraction of sp³-hybridized carbons (Fsp3) is 0.636. The zero-order chi connectivity index (χ0) is 20.4. The monoisotopic (exact) mass is 390 g/mol. The second-order valence-electron chi connectivity index (χ2n) is 8.22. The smallest absolute Gasteiger partial charge is 0.337 e. The molecular weight excluding hydrogens is 356 g/mol. The van der Waals surface area contributed by atoms with Crippen molar-refractivity contribution in [3.8, 4) is 5.75 Å². The summed E-state index contributed by atoms with van der Waals surface area (Å²) >= 11 is 0. The molecule has 156 valence electrons. The maximum atomic E-state index is 12.0. The van der Waals surface area contributed by atoms with Crippen LogP contribution in [0.1, 0.15) is 64.9 Å². The molecule has 1 amide bonds. The molecule has 6 heteroatoms. The molecular formula is C22H34N2O4. The Bertz CT molecular complexity index is 639. The molecule has 0 radical (unpaired) electrons. The quantitative estimate of drug-likeness (QED) is 0.512. The van der Waals surface area contributed by atoms with E-state index in [1.807, 2.05) is 19.9 Å². The average Bonchev–Trinajstić information content (AvgIpc) is 2.66. The lowest BCUT2D eigenvalue weighted by Gasteiger charge is -2.26. The average molecular weight is 391 g/mol. The minimum Gasteiger partial charge on any atom is -0.494 e. The van der Waals surface area contributed by atoms with Crippen molar-refractivity contribution in [1.29, 1.82) is 0 Å². The Kier molecular flexibility index (Phi) is 8.77. The lowest BCUT2D eigenvalue weighted by molar-refractivity contribution is -0.166. The summed E-state index contributed by atoms with van der Waals surface area (Å²) in [7, 11) is 0. The van der Waals surface area contributed by atoms with Gasteiger partial charge in [0.15, 0.2) is 0 Å². The van der Waals surface area contributed by atoms with Crippen molar-refractivity contribution in [3.63, 3.8) is 0 Å². The molecule has 1 N–H and O–H groups in total. The molecule has 0 spiro atoms. The minimum absolute atomic E-state index is 0.389. The number of rotatable bonds is 9. The number of amides is 1. The Hall–Kier alpha value is -2.08. The minimum atomic E-state index is -0.642. The van der Waals surface area contributed by atoms with Crippen LogP contribution < -0.4 is 10.2 Å². The van der Waals surface area contributed by atoms with Gasteiger partial charge in [-0.05, 0) is 76.7 Å². The van der Waals surface area contributed by atoms with E-state index >= 15 is 0 Å². The zero-order valence-electron chi connectivity index (χ0n) is 17.5. The maximum absolute atomic E-state index is 12.0. The van der Waals surface area contributed by atoms with E-state index < -0.39 is 11.4 Å². The van der Waals surface area contributed by atoms with Gasteiger partial charge in [0.2, 0.25) is 5.91 Å². The zero-order valence-corrected chi connectivity index (χ0v) is 17.5. The van der Waals surface area contributed by atoms with Crippen molar-refractivity contribution >= 4 is 11.9 Å². The third-order valence-electron chi connectivity index (χ3n) is 5.06. The molecule has 0 saturated carbocycles. The number of likely N-dealkylation sites (tertiary alicyclic amines) is 1. The summed E-state index contributed by atoms with van der Waals surface area (Å²) in [6, 6.07) is 8.33. The molecule has 1 aliphatic heterocycles. The second kappa shape index (κ2) is 11.1. The number of nitrogens with one attached hydrogen (secondary N) is 1. The first-order chi connectivity index (χ1) is 13.4. The fourth-order valence-electron chi connectivity index (χ4n) is 3.33. The van der Waals surface area contributed by atoms with Crippen LogP contribution in [0.5, 0.6) is 5.75 Å². The van der Waals surface area contributed by atoms with Crippen molar-refractivity contribution in [2.75, 3.05) is 19.7 Å². The van der Waals surface area contributed by atoms with Gasteiger partial charge in [-0.15, -0.1) is 0 Å². The third kappa shape index (κ3) is 7.89. The first-order valence-electron chi connectivity index (χ1n) is 10.3. The number of hydroxylamine groups is 1. The Morgan fingerprint density at radius 2 is 1.89 bits per heavy atom. The van der Waals surface area contributed by atoms with Gasteiger partial charge < -0.3 is 9.57 Å². The Balaban J connectivity index is 1.68. The molecule has 1 aromatic carbocycles. The van der Waals surface area contributed by atoms with Crippen molar-refractivity contribution in [1.82, 2.24) is 10.4 Å². The molecule has 0 bridgehead atoms. The summed E-state index contributed by atoms with van der Waals surface area (Å²) in [5.74, 6) is 0.0907. The third-order valence-corrected chi connectivity index (χ3v) is 5.06. The Morgan fingerprint density at radius 3 is 2.61 bits per heavy atom. The van der Waals surface area contributed by atoms with E-state index in [1.54, 1.807) is 0 Å². The van der Waals surface area contributed by atoms with Gasteiger partial charge in [0.1, 0.15) is 5.75 Å². The molecule has 1 aromatic rings. The van der Waals surface area contributed by atoms with Gasteiger partial charge in [-0.3, -0.25) is 9.69 Å². The van der Waals surface area contributed by atoms with E-state index in [4.69, 9.17) is 9.57 Å². The molecule has 0 atom stereocenters. The van der Waals surface area contributed by atoms with E-state index in [-0.39, 0.29) is 5.91 Å². The van der Waals surface area contributed by atoms with Crippen LogP contribution in [0.25, 0.3) is 0 Å². The number of carbonyl (C=O) groups is 2. The molecule has 28 heavy (non-hydrogen) atoms. The van der Waals surface area contributed by atoms with Crippen LogP contribution in [0.2, 0.25) is 0 Å². The van der Waals surface area contributed by atoms with Crippen molar-refractivity contribution in [3.05, 3.63) is 29.8 Å². The molecule has 1 aliphatic rings. The number of piperidine rings is 1. The van der Waals surface area contributed by atoms with E-state index in [0.29, 0.717) is 13.0 Å². The summed E-state index contributed by atoms with van der Waals surface area (Å²) in [4.78, 5) is 30.1. The molecule has 2 rings (SSSR count). The number of unbranched alkanes of at least 4 members (excludes halogenated alkanes) is 1. The highest BCUT2D eigenvalue weighted by molar-refractivity contribution is 5.79. The molecule has 1 heterocycles. The van der Waals surface area contributed by atoms with Gasteiger partial charge in [0, 0.05) is 13.5 Å². The predicted octanol–water partition coefficient (Wildman–Crippen LogP) is 3.84. The van der Waals surface area contributed by atoms with Gasteiger partial charge in [-0.2, -0.15) is 5.48 Å². The van der Waals surface area contributed by atoms with Gasteiger partial charge in [0.25, 0.3) is 0 Å². The summed E-state index contributed by atoms with van der Waals surface area (Å²) < 4.78 is 5.90. The first kappa shape index (κ1) is 22.2. The normalized spacial score (nSPS) is 15.1. The van der Waals surface area contributed by atoms with E-state index in [0.717, 1.165) is 25.1 Å². The van der Waals surface area contributed by atoms with Crippen LogP contribution in [0.15, 0.2) is 24.3 Å². The molecule has 0 unspecified atom stereocenters. The highest BCUT2D eigenvalue weighted by atomic mass is 16.7. The van der Waals surface area contributed by atoms with Crippen LogP contribution in [0.3, 0.4) is 0 Å². The van der Waals surface area contributed by atoms with Gasteiger partial charge in [-0.1, -0.05) is 18.6 Å². The second-order valence-corrected chi connectivity index (χ2v) is 8.22. The molecule has 1 saturated heterocycles. The lowest BCUT2D eigenvalue weighted by atomic mass is 9.87. The Morgan fingerprint density at radius 1 is 1.14 bits per heavy atom. The molecule has 0 aromatic heterocycles. The standard InChI is InChI=1S/C22H34N2O4/c1-18(25)23-28-21(26)22(2,3)12-5-8-15-27-20-11-9-10-19(16-20)17-24-13-6-4-7-14-24/h9-11,16H,4-8,12-15,17H2,1-3H3,(H,23,25). The topological polar surface area (TPSA) is 67.9 Å². The number of hydrogen-bond donors (Lipinski definition) is 1. The van der Waals surface area contributed by atoms with Crippen LogP contribution in [-0.4, -0.2) is 36.5 Å². The molecule has 0 aliphatic carbocycles. The summed E-state index contributed by atoms with van der Waals surface area (Å²) in [5, 5.41) is 0. The number of ether oxygens (including phenoxy) is 1. The van der Waals surface area contributed by atoms with Crippen molar-refractivity contribution < 1.29 is 19.2 Å². The van der Waals surface area contributed by atoms with Crippen LogP contribution in [0, 0.1) is 5.41 Å². The van der Waals surface area contributed by atoms with Gasteiger partial charge in [0.05, 0.1) is 12.0 Å². The van der Waals surface area contributed by atoms with Crippen LogP contribution in [0.4, 0.5) is 0 Å². The SMILES string of the molecule is CC(=O)NOC(=O)C(C)(C)CCCCOc1cccc(CN2CCCCC2)c1. The van der Waals surface area contributed by atoms with E-state index in [9.17, 15) is 9.59 Å². The van der Waals surface area contributed by atoms with Gasteiger partial charge >= 0.3 is 5.97 Å². The van der Waals surface area contributed by atoms with Crippen molar-refractivity contribution in [2.24, 2.45) is 5.41 Å². The maximum Gasteiger partial charge on any atom is 0.337 e. The predicted molar refractivity (Wildman–Crippen MR) is 109 cm³/mol. The first-order valence-corrected chi connectivity index (χ1v) is 10.3. The number of benzene rings is 1. The summed E-state index contributed by atoms with van der Waals surface area (Å²) in [5.41, 5.74) is 2.74. The lowest BCUT2D eigenvalue weighted by Crippen LogP contribution is -2.33. The summed E-state index contributed by atoms with van der Waals surface area (Å²) in [6.45, 7) is 8.92. The number of hydrogen-bond acceptors (Lipinski definition) is 5. The largest absolute Gasteiger partial charge is 0.494 e. The van der Waals surface area contributed by atoms with Crippen LogP contribution >= 0.6 is 0 Å². The van der Waals surface area contributed by atoms with E-state index in [2.05, 4.69) is 28.6 Å².